The van der Waals surface area contributed by atoms with Crippen LogP contribution in [0.2, 0.25) is 10.0 Å². The Morgan fingerprint density at radius 1 is 1.17 bits per heavy atom. The maximum Gasteiger partial charge on any atom is 0.224 e. The van der Waals surface area contributed by atoms with Crippen LogP contribution in [0.5, 0.6) is 0 Å². The van der Waals surface area contributed by atoms with Crippen LogP contribution in [0.4, 0.5) is 0 Å². The highest BCUT2D eigenvalue weighted by molar-refractivity contribution is 6.42. The van der Waals surface area contributed by atoms with Gasteiger partial charge < -0.3 is 5.32 Å². The number of nitrogens with one attached hydrogen (secondary N) is 1. The van der Waals surface area contributed by atoms with E-state index in [0.29, 0.717) is 28.4 Å². The molecule has 2 atom stereocenters. The van der Waals surface area contributed by atoms with Crippen LogP contribution in [0.1, 0.15) is 55.6 Å². The number of amides is 1. The number of likely N-dealkylation sites (N-methyl/N-ethyl adjacent to an activating group) is 1. The summed E-state index contributed by atoms with van der Waals surface area (Å²) < 4.78 is 0. The lowest BCUT2D eigenvalue weighted by Gasteiger charge is -2.39. The van der Waals surface area contributed by atoms with Crippen molar-refractivity contribution >= 4 is 29.1 Å². The van der Waals surface area contributed by atoms with Gasteiger partial charge in [-0.25, -0.2) is 0 Å². The van der Waals surface area contributed by atoms with Gasteiger partial charge in [-0.15, -0.1) is 0 Å². The molecule has 0 aromatic heterocycles. The molecule has 5 heteroatoms. The minimum atomic E-state index is 0.0168. The average Bonchev–Trinajstić information content (AvgIpc) is 3.13. The number of rotatable bonds is 4. The van der Waals surface area contributed by atoms with Crippen molar-refractivity contribution in [2.75, 3.05) is 20.1 Å². The number of carbonyl (C=O) groups is 1. The largest absolute Gasteiger partial charge is 0.359 e. The minimum Gasteiger partial charge on any atom is -0.359 e. The number of likely N-dealkylation sites (tertiary alicyclic amines) is 1. The second-order valence-corrected chi connectivity index (χ2v) is 7.77. The van der Waals surface area contributed by atoms with Crippen molar-refractivity contribution in [3.63, 3.8) is 0 Å². The Hall–Kier alpha value is -0.770. The average molecular weight is 369 g/mol. The molecule has 3 nitrogen and oxygen atoms in total. The number of carbonyl (C=O) groups excluding carboxylic acids is 1. The van der Waals surface area contributed by atoms with Crippen molar-refractivity contribution in [1.82, 2.24) is 10.2 Å². The molecule has 2 aliphatic rings. The van der Waals surface area contributed by atoms with Crippen molar-refractivity contribution in [2.24, 2.45) is 0 Å². The summed E-state index contributed by atoms with van der Waals surface area (Å²) in [7, 11) is 1.67. The summed E-state index contributed by atoms with van der Waals surface area (Å²) in [6.07, 6.45) is 7.79. The van der Waals surface area contributed by atoms with E-state index in [0.717, 1.165) is 17.5 Å². The molecule has 0 bridgehead atoms. The van der Waals surface area contributed by atoms with E-state index < -0.39 is 0 Å². The zero-order chi connectivity index (χ0) is 17.1. The Bertz CT molecular complexity index is 599. The molecule has 0 spiro atoms. The molecule has 0 radical (unpaired) electrons. The normalized spacial score (nSPS) is 25.0. The summed E-state index contributed by atoms with van der Waals surface area (Å²) >= 11 is 13.0. The predicted molar refractivity (Wildman–Crippen MR) is 100 cm³/mol. The van der Waals surface area contributed by atoms with Gasteiger partial charge in [0.25, 0.3) is 0 Å². The van der Waals surface area contributed by atoms with E-state index in [4.69, 9.17) is 23.2 Å². The first kappa shape index (κ1) is 18.0. The van der Waals surface area contributed by atoms with Crippen molar-refractivity contribution in [3.05, 3.63) is 33.3 Å². The molecule has 1 aliphatic heterocycles. The molecule has 0 unspecified atom stereocenters. The monoisotopic (exact) mass is 368 g/mol. The second-order valence-electron chi connectivity index (χ2n) is 6.99. The number of halogens is 2. The highest BCUT2D eigenvalue weighted by Crippen LogP contribution is 2.43. The second kappa shape index (κ2) is 8.07. The molecular weight excluding hydrogens is 343 g/mol. The van der Waals surface area contributed by atoms with E-state index in [2.05, 4.69) is 10.2 Å². The molecule has 1 N–H and O–H groups in total. The summed E-state index contributed by atoms with van der Waals surface area (Å²) in [6.45, 7) is 2.37. The first-order valence-corrected chi connectivity index (χ1v) is 9.78. The number of hydrogen-bond acceptors (Lipinski definition) is 2. The minimum absolute atomic E-state index is 0.0168. The zero-order valence-electron chi connectivity index (χ0n) is 14.3. The van der Waals surface area contributed by atoms with E-state index in [-0.39, 0.29) is 5.91 Å². The lowest BCUT2D eigenvalue weighted by Crippen LogP contribution is -2.40. The number of hydrogen-bond donors (Lipinski definition) is 1. The highest BCUT2D eigenvalue weighted by atomic mass is 35.5. The predicted octanol–water partition coefficient (Wildman–Crippen LogP) is 4.40. The lowest BCUT2D eigenvalue weighted by molar-refractivity contribution is -0.119. The van der Waals surface area contributed by atoms with Gasteiger partial charge in [-0.05, 0) is 56.0 Å². The first-order valence-electron chi connectivity index (χ1n) is 9.03. The van der Waals surface area contributed by atoms with E-state index in [1.807, 2.05) is 12.1 Å². The molecule has 1 saturated carbocycles. The Labute approximate surface area is 154 Å². The van der Waals surface area contributed by atoms with Gasteiger partial charge >= 0.3 is 0 Å². The molecule has 2 fully saturated rings. The summed E-state index contributed by atoms with van der Waals surface area (Å²) in [5, 5.41) is 3.96. The van der Waals surface area contributed by atoms with Gasteiger partial charge in [0.05, 0.1) is 16.5 Å². The standard InChI is InChI=1S/C19H26Cl2N2O/c1-22-17(24)12-13-8-9-15(20)19(21)18(13)14-6-2-3-7-16(14)23-10-4-5-11-23/h8-9,14,16H,2-7,10-12H2,1H3,(H,22,24)/t14-,16-/m1/s1. The molecule has 1 aromatic rings. The van der Waals surface area contributed by atoms with Gasteiger partial charge in [-0.2, -0.15) is 0 Å². The molecule has 24 heavy (non-hydrogen) atoms. The SMILES string of the molecule is CNC(=O)Cc1ccc(Cl)c(Cl)c1[C@@H]1CCCC[C@H]1N1CCCC1. The van der Waals surface area contributed by atoms with Crippen molar-refractivity contribution < 1.29 is 4.79 Å². The Morgan fingerprint density at radius 2 is 1.88 bits per heavy atom. The van der Waals surface area contributed by atoms with Gasteiger partial charge in [0.15, 0.2) is 0 Å². The number of nitrogens with zero attached hydrogens (tertiary/aromatic N) is 1. The maximum absolute atomic E-state index is 12.0. The summed E-state index contributed by atoms with van der Waals surface area (Å²) in [5.41, 5.74) is 2.14. The van der Waals surface area contributed by atoms with Crippen LogP contribution in [-0.2, 0) is 11.2 Å². The van der Waals surface area contributed by atoms with Crippen molar-refractivity contribution in [1.29, 1.82) is 0 Å². The van der Waals surface area contributed by atoms with Gasteiger partial charge in [-0.1, -0.05) is 42.1 Å². The summed E-state index contributed by atoms with van der Waals surface area (Å²) in [4.78, 5) is 14.6. The van der Waals surface area contributed by atoms with Gasteiger partial charge in [-0.3, -0.25) is 9.69 Å². The fourth-order valence-corrected chi connectivity index (χ4v) is 4.87. The van der Waals surface area contributed by atoms with Crippen LogP contribution in [0.3, 0.4) is 0 Å². The molecule has 1 saturated heterocycles. The molecular formula is C19H26Cl2N2O. The van der Waals surface area contributed by atoms with Crippen LogP contribution in [-0.4, -0.2) is 37.0 Å². The highest BCUT2D eigenvalue weighted by Gasteiger charge is 2.35. The van der Waals surface area contributed by atoms with Crippen LogP contribution >= 0.6 is 23.2 Å². The molecule has 3 rings (SSSR count). The Morgan fingerprint density at radius 3 is 2.58 bits per heavy atom. The smallest absolute Gasteiger partial charge is 0.224 e. The molecule has 1 heterocycles. The van der Waals surface area contributed by atoms with Crippen LogP contribution in [0.15, 0.2) is 12.1 Å². The van der Waals surface area contributed by atoms with E-state index >= 15 is 0 Å². The summed E-state index contributed by atoms with van der Waals surface area (Å²) in [6, 6.07) is 4.33. The van der Waals surface area contributed by atoms with Gasteiger partial charge in [0, 0.05) is 19.0 Å². The van der Waals surface area contributed by atoms with Crippen LogP contribution < -0.4 is 5.32 Å². The molecule has 132 valence electrons. The maximum atomic E-state index is 12.0. The first-order chi connectivity index (χ1) is 11.6. The Kier molecular flexibility index (Phi) is 6.07. The van der Waals surface area contributed by atoms with E-state index in [9.17, 15) is 4.79 Å². The topological polar surface area (TPSA) is 32.3 Å². The molecule has 1 aromatic carbocycles. The fraction of sp³-hybridized carbons (Fsp3) is 0.632. The van der Waals surface area contributed by atoms with Gasteiger partial charge in [0.1, 0.15) is 0 Å². The van der Waals surface area contributed by atoms with Crippen LogP contribution in [0, 0.1) is 0 Å². The van der Waals surface area contributed by atoms with E-state index in [1.54, 1.807) is 7.05 Å². The van der Waals surface area contributed by atoms with Crippen molar-refractivity contribution in [3.8, 4) is 0 Å². The zero-order valence-corrected chi connectivity index (χ0v) is 15.8. The number of benzene rings is 1. The Balaban J connectivity index is 1.97. The quantitative estimate of drug-likeness (QED) is 0.853. The van der Waals surface area contributed by atoms with Crippen LogP contribution in [0.25, 0.3) is 0 Å². The van der Waals surface area contributed by atoms with E-state index in [1.165, 1.54) is 45.2 Å². The molecule has 1 aliphatic carbocycles. The third-order valence-corrected chi connectivity index (χ3v) is 6.38. The van der Waals surface area contributed by atoms with Crippen molar-refractivity contribution in [2.45, 2.75) is 56.9 Å². The third kappa shape index (κ3) is 3.74. The van der Waals surface area contributed by atoms with Gasteiger partial charge in [0.2, 0.25) is 5.91 Å². The molecule has 1 amide bonds. The summed E-state index contributed by atoms with van der Waals surface area (Å²) in [5.74, 6) is 0.394. The lowest BCUT2D eigenvalue weighted by atomic mass is 9.77. The fourth-order valence-electron chi connectivity index (χ4n) is 4.38. The third-order valence-electron chi connectivity index (χ3n) is 5.56.